The average Bonchev–Trinajstić information content (AvgIpc) is 2.52. The number of amides is 1. The monoisotopic (exact) mass is 401 g/mol. The molecule has 0 aromatic heterocycles. The summed E-state index contributed by atoms with van der Waals surface area (Å²) >= 11 is 0. The maximum Gasteiger partial charge on any atom is 0.364 e. The van der Waals surface area contributed by atoms with Crippen LogP contribution in [-0.4, -0.2) is 91.6 Å². The Morgan fingerprint density at radius 1 is 1.38 bits per heavy atom. The quantitative estimate of drug-likeness (QED) is 0.209. The van der Waals surface area contributed by atoms with E-state index in [1.165, 1.54) is 0 Å². The Bertz CT molecular complexity index is 566. The third kappa shape index (κ3) is 5.69. The van der Waals surface area contributed by atoms with Crippen molar-refractivity contribution in [1.29, 1.82) is 0 Å². The summed E-state index contributed by atoms with van der Waals surface area (Å²) in [7, 11) is -3.44. The normalized spacial score (nSPS) is 31.9. The molecule has 0 aliphatic carbocycles. The maximum absolute atomic E-state index is 11.5. The molecule has 0 bridgehead atoms. The standard InChI is InChI=1S/C13H24NO11P/c1-6(15)14-9-8(17)5-13(24-2,12(19)20)25-11(9)10(18)7(16)3-4-26(21,22)23/h7-11,16-18H,3-5H2,1-2H3,(H,14,15)(H,19,20)(H2,21,22,23)/t7-,8+,9-,10-,11-,13+/m1/s1. The van der Waals surface area contributed by atoms with Crippen LogP contribution in [0, 0.1) is 0 Å². The van der Waals surface area contributed by atoms with Gasteiger partial charge in [-0.05, 0) is 6.42 Å². The van der Waals surface area contributed by atoms with Gasteiger partial charge in [0.1, 0.15) is 12.2 Å². The first kappa shape index (κ1) is 22.9. The van der Waals surface area contributed by atoms with E-state index in [1.807, 2.05) is 0 Å². The number of carbonyl (C=O) groups is 2. The van der Waals surface area contributed by atoms with Crippen molar-refractivity contribution in [2.24, 2.45) is 0 Å². The van der Waals surface area contributed by atoms with E-state index in [9.17, 15) is 34.6 Å². The van der Waals surface area contributed by atoms with Crippen molar-refractivity contribution in [3.63, 3.8) is 0 Å². The minimum atomic E-state index is -4.45. The van der Waals surface area contributed by atoms with Crippen LogP contribution in [0.3, 0.4) is 0 Å². The van der Waals surface area contributed by atoms with Crippen molar-refractivity contribution < 1.29 is 53.8 Å². The van der Waals surface area contributed by atoms with Gasteiger partial charge in [0.15, 0.2) is 0 Å². The fraction of sp³-hybridized carbons (Fsp3) is 0.846. The largest absolute Gasteiger partial charge is 0.477 e. The highest BCUT2D eigenvalue weighted by molar-refractivity contribution is 7.51. The third-order valence-corrected chi connectivity index (χ3v) is 4.89. The maximum atomic E-state index is 11.5. The smallest absolute Gasteiger partial charge is 0.364 e. The van der Waals surface area contributed by atoms with Gasteiger partial charge < -0.3 is 45.0 Å². The van der Waals surface area contributed by atoms with Crippen LogP contribution in [0.25, 0.3) is 0 Å². The van der Waals surface area contributed by atoms with Gasteiger partial charge in [0, 0.05) is 20.5 Å². The second-order valence-corrected chi connectivity index (χ2v) is 7.85. The topological polar surface area (TPSA) is 203 Å². The van der Waals surface area contributed by atoms with Gasteiger partial charge in [-0.15, -0.1) is 0 Å². The first-order valence-electron chi connectivity index (χ1n) is 7.65. The molecule has 1 amide bonds. The molecule has 1 aliphatic rings. The second-order valence-electron chi connectivity index (χ2n) is 6.08. The van der Waals surface area contributed by atoms with Crippen LogP contribution in [0.15, 0.2) is 0 Å². The molecule has 12 nitrogen and oxygen atoms in total. The molecule has 1 rings (SSSR count). The number of rotatable bonds is 8. The number of carboxylic acids is 1. The number of aliphatic hydroxyl groups excluding tert-OH is 3. The van der Waals surface area contributed by atoms with Gasteiger partial charge in [0.05, 0.1) is 24.4 Å². The summed E-state index contributed by atoms with van der Waals surface area (Å²) in [6.45, 7) is 1.12. The van der Waals surface area contributed by atoms with Crippen molar-refractivity contribution in [1.82, 2.24) is 5.32 Å². The molecule has 0 radical (unpaired) electrons. The van der Waals surface area contributed by atoms with Gasteiger partial charge in [-0.25, -0.2) is 4.79 Å². The van der Waals surface area contributed by atoms with Gasteiger partial charge in [0.2, 0.25) is 5.91 Å². The molecule has 0 aromatic rings. The lowest BCUT2D eigenvalue weighted by atomic mass is 9.88. The predicted octanol–water partition coefficient (Wildman–Crippen LogP) is -2.64. The molecule has 6 atom stereocenters. The highest BCUT2D eigenvalue weighted by Gasteiger charge is 2.55. The zero-order valence-corrected chi connectivity index (χ0v) is 15.1. The van der Waals surface area contributed by atoms with E-state index in [1.54, 1.807) is 0 Å². The summed E-state index contributed by atoms with van der Waals surface area (Å²) in [5, 5.41) is 42.2. The number of nitrogens with one attached hydrogen (secondary N) is 1. The zero-order chi connectivity index (χ0) is 20.3. The summed E-state index contributed by atoms with van der Waals surface area (Å²) in [6.07, 6.45) is -8.55. The van der Waals surface area contributed by atoms with Gasteiger partial charge in [-0.3, -0.25) is 9.36 Å². The Morgan fingerprint density at radius 2 is 1.96 bits per heavy atom. The molecule has 1 fully saturated rings. The van der Waals surface area contributed by atoms with Gasteiger partial charge >= 0.3 is 13.6 Å². The highest BCUT2D eigenvalue weighted by atomic mass is 31.2. The van der Waals surface area contributed by atoms with Crippen molar-refractivity contribution in [3.05, 3.63) is 0 Å². The SMILES string of the molecule is CO[C@@]1(C(=O)O)C[C@H](O)[C@@H](NC(C)=O)[C@H]([C@H](O)[C@H](O)CCP(=O)(O)O)O1. The predicted molar refractivity (Wildman–Crippen MR) is 84.0 cm³/mol. The average molecular weight is 401 g/mol. The minimum absolute atomic E-state index is 0.527. The summed E-state index contributed by atoms with van der Waals surface area (Å²) in [6, 6.07) is -1.28. The molecule has 7 N–H and O–H groups in total. The van der Waals surface area contributed by atoms with Crippen LogP contribution in [0.4, 0.5) is 0 Å². The van der Waals surface area contributed by atoms with E-state index in [0.717, 1.165) is 14.0 Å². The first-order chi connectivity index (χ1) is 11.8. The van der Waals surface area contributed by atoms with Gasteiger partial charge in [-0.2, -0.15) is 0 Å². The number of methoxy groups -OCH3 is 1. The lowest BCUT2D eigenvalue weighted by Crippen LogP contribution is -2.67. The van der Waals surface area contributed by atoms with Crippen LogP contribution in [0.2, 0.25) is 0 Å². The highest BCUT2D eigenvalue weighted by Crippen LogP contribution is 2.37. The van der Waals surface area contributed by atoms with Crippen molar-refractivity contribution in [2.45, 2.75) is 56.0 Å². The lowest BCUT2D eigenvalue weighted by molar-refractivity contribution is -0.303. The number of hydrogen-bond donors (Lipinski definition) is 7. The molecule has 0 unspecified atom stereocenters. The third-order valence-electron chi connectivity index (χ3n) is 4.05. The van der Waals surface area contributed by atoms with Crippen LogP contribution >= 0.6 is 7.60 Å². The molecule has 0 spiro atoms. The molecule has 0 aromatic carbocycles. The molecule has 13 heteroatoms. The molecule has 0 saturated carbocycles. The van der Waals surface area contributed by atoms with Crippen LogP contribution in [0.5, 0.6) is 0 Å². The fourth-order valence-electron chi connectivity index (χ4n) is 2.70. The van der Waals surface area contributed by atoms with Crippen LogP contribution in [-0.2, 0) is 23.6 Å². The summed E-state index contributed by atoms with van der Waals surface area (Å²) in [4.78, 5) is 40.5. The second kappa shape index (κ2) is 8.72. The Labute approximate surface area is 148 Å². The van der Waals surface area contributed by atoms with Crippen molar-refractivity contribution >= 4 is 19.5 Å². The molecule has 1 heterocycles. The molecular weight excluding hydrogens is 377 g/mol. The van der Waals surface area contributed by atoms with Crippen LogP contribution < -0.4 is 5.32 Å². The Kier molecular flexibility index (Phi) is 7.69. The summed E-state index contributed by atoms with van der Waals surface area (Å²) in [5.41, 5.74) is 0. The van der Waals surface area contributed by atoms with Crippen molar-refractivity contribution in [2.75, 3.05) is 13.3 Å². The Morgan fingerprint density at radius 3 is 2.38 bits per heavy atom. The number of aliphatic hydroxyl groups is 3. The minimum Gasteiger partial charge on any atom is -0.477 e. The van der Waals surface area contributed by atoms with Gasteiger partial charge in [0.25, 0.3) is 5.79 Å². The zero-order valence-electron chi connectivity index (χ0n) is 14.2. The number of hydrogen-bond acceptors (Lipinski definition) is 8. The summed E-state index contributed by atoms with van der Waals surface area (Å²) in [5.74, 6) is -4.54. The fourth-order valence-corrected chi connectivity index (χ4v) is 3.31. The van der Waals surface area contributed by atoms with Gasteiger partial charge in [-0.1, -0.05) is 0 Å². The summed E-state index contributed by atoms with van der Waals surface area (Å²) < 4.78 is 21.0. The lowest BCUT2D eigenvalue weighted by Gasteiger charge is -2.46. The Hall–Kier alpha value is -1.11. The van der Waals surface area contributed by atoms with E-state index in [0.29, 0.717) is 0 Å². The van der Waals surface area contributed by atoms with E-state index >= 15 is 0 Å². The van der Waals surface area contributed by atoms with E-state index < -0.39 is 74.7 Å². The van der Waals surface area contributed by atoms with Crippen LogP contribution in [0.1, 0.15) is 19.8 Å². The van der Waals surface area contributed by atoms with E-state index in [4.69, 9.17) is 19.3 Å². The number of carbonyl (C=O) groups excluding carboxylic acids is 1. The molecule has 26 heavy (non-hydrogen) atoms. The van der Waals surface area contributed by atoms with Crippen molar-refractivity contribution in [3.8, 4) is 0 Å². The Balaban J connectivity index is 3.09. The van der Waals surface area contributed by atoms with E-state index in [-0.39, 0.29) is 0 Å². The molecule has 152 valence electrons. The number of carboxylic acid groups (broad SMARTS) is 1. The number of aliphatic carboxylic acids is 1. The molecule has 1 saturated heterocycles. The first-order valence-corrected chi connectivity index (χ1v) is 9.45. The molecular formula is C13H24NO11P. The molecule has 1 aliphatic heterocycles. The number of ether oxygens (including phenoxy) is 2. The van der Waals surface area contributed by atoms with E-state index in [2.05, 4.69) is 5.32 Å².